The minimum Gasteiger partial charge on any atom is -0.368 e. The van der Waals surface area contributed by atoms with Gasteiger partial charge in [-0.15, -0.1) is 0 Å². The highest BCUT2D eigenvalue weighted by Gasteiger charge is 2.32. The number of nitrogens with zero attached hydrogens (tertiary/aromatic N) is 2. The quantitative estimate of drug-likeness (QED) is 0.760. The second-order valence-electron chi connectivity index (χ2n) is 4.42. The Morgan fingerprint density at radius 1 is 1.76 bits per heavy atom. The van der Waals surface area contributed by atoms with Crippen LogP contribution in [0.2, 0.25) is 0 Å². The molecule has 1 amide bonds. The molecule has 0 bridgehead atoms. The number of aromatic nitrogens is 2. The summed E-state index contributed by atoms with van der Waals surface area (Å²) in [6, 6.07) is 0.120. The highest BCUT2D eigenvalue weighted by molar-refractivity contribution is 14.1. The minimum absolute atomic E-state index is 0.120. The molecule has 0 saturated heterocycles. The maximum atomic E-state index is 11.5. The van der Waals surface area contributed by atoms with Crippen molar-refractivity contribution in [1.29, 1.82) is 0 Å². The highest BCUT2D eigenvalue weighted by Crippen LogP contribution is 2.20. The molecule has 2 unspecified atom stereocenters. The molecule has 1 aromatic rings. The lowest BCUT2D eigenvalue weighted by atomic mass is 9.93. The summed E-state index contributed by atoms with van der Waals surface area (Å²) in [5.41, 5.74) is 4.77. The molecule has 0 spiro atoms. The van der Waals surface area contributed by atoms with Gasteiger partial charge in [0.2, 0.25) is 5.91 Å². The summed E-state index contributed by atoms with van der Waals surface area (Å²) in [6.07, 6.45) is 4.37. The summed E-state index contributed by atoms with van der Waals surface area (Å²) in [6.45, 7) is 6.54. The van der Waals surface area contributed by atoms with Gasteiger partial charge in [0.05, 0.1) is 21.3 Å². The first kappa shape index (κ1) is 14.4. The number of likely N-dealkylation sites (N-methyl/N-ethyl adjacent to an activating group) is 1. The molecule has 2 atom stereocenters. The van der Waals surface area contributed by atoms with Crippen LogP contribution in [0.25, 0.3) is 0 Å². The third-order valence-electron chi connectivity index (χ3n) is 2.84. The van der Waals surface area contributed by atoms with Gasteiger partial charge in [0.25, 0.3) is 0 Å². The van der Waals surface area contributed by atoms with Crippen molar-refractivity contribution in [3.8, 4) is 0 Å². The van der Waals surface area contributed by atoms with Gasteiger partial charge in [-0.1, -0.05) is 6.92 Å². The van der Waals surface area contributed by atoms with Crippen LogP contribution in [0.3, 0.4) is 0 Å². The molecule has 1 heterocycles. The van der Waals surface area contributed by atoms with Crippen LogP contribution in [0.15, 0.2) is 12.4 Å². The summed E-state index contributed by atoms with van der Waals surface area (Å²) in [5.74, 6) is -0.326. The minimum atomic E-state index is -0.689. The summed E-state index contributed by atoms with van der Waals surface area (Å²) in [4.78, 5) is 11.5. The van der Waals surface area contributed by atoms with Crippen molar-refractivity contribution in [2.45, 2.75) is 38.8 Å². The van der Waals surface area contributed by atoms with Crippen molar-refractivity contribution in [3.05, 3.63) is 16.0 Å². The Labute approximate surface area is 115 Å². The lowest BCUT2D eigenvalue weighted by Gasteiger charge is -2.30. The number of halogens is 1. The Morgan fingerprint density at radius 3 is 2.82 bits per heavy atom. The van der Waals surface area contributed by atoms with Crippen LogP contribution >= 0.6 is 22.6 Å². The number of carbonyl (C=O) groups excluding carboxylic acids is 1. The highest BCUT2D eigenvalue weighted by atomic mass is 127. The van der Waals surface area contributed by atoms with E-state index in [2.05, 4.69) is 33.0 Å². The predicted octanol–water partition coefficient (Wildman–Crippen LogP) is 1.29. The number of nitrogens with two attached hydrogens (primary N) is 1. The summed E-state index contributed by atoms with van der Waals surface area (Å²) < 4.78 is 2.94. The van der Waals surface area contributed by atoms with Crippen LogP contribution < -0.4 is 11.1 Å². The van der Waals surface area contributed by atoms with Crippen molar-refractivity contribution < 1.29 is 4.79 Å². The molecule has 6 heteroatoms. The molecule has 0 fully saturated rings. The molecule has 0 aliphatic carbocycles. The zero-order valence-corrected chi connectivity index (χ0v) is 12.6. The first-order chi connectivity index (χ1) is 7.89. The number of nitrogens with one attached hydrogen (secondary N) is 1. The van der Waals surface area contributed by atoms with Gasteiger partial charge in [-0.05, 0) is 49.4 Å². The van der Waals surface area contributed by atoms with Crippen molar-refractivity contribution in [3.63, 3.8) is 0 Å². The third-order valence-corrected chi connectivity index (χ3v) is 3.39. The maximum Gasteiger partial charge on any atom is 0.237 e. The lowest BCUT2D eigenvalue weighted by Crippen LogP contribution is -2.54. The van der Waals surface area contributed by atoms with Gasteiger partial charge in [-0.25, -0.2) is 0 Å². The van der Waals surface area contributed by atoms with E-state index in [0.717, 1.165) is 3.57 Å². The average molecular weight is 350 g/mol. The predicted molar refractivity (Wildman–Crippen MR) is 75.5 cm³/mol. The zero-order chi connectivity index (χ0) is 13.1. The normalized spacial score (nSPS) is 16.5. The average Bonchev–Trinajstić information content (AvgIpc) is 2.65. The van der Waals surface area contributed by atoms with E-state index in [1.54, 1.807) is 6.20 Å². The molecular formula is C11H19IN4O. The topological polar surface area (TPSA) is 72.9 Å². The van der Waals surface area contributed by atoms with E-state index in [9.17, 15) is 4.79 Å². The number of primary amides is 1. The first-order valence-electron chi connectivity index (χ1n) is 5.63. The van der Waals surface area contributed by atoms with Crippen LogP contribution in [0.1, 0.15) is 33.2 Å². The molecule has 0 saturated carbocycles. The summed E-state index contributed by atoms with van der Waals surface area (Å²) >= 11 is 2.21. The summed E-state index contributed by atoms with van der Waals surface area (Å²) in [5, 5.41) is 7.40. The molecule has 1 aromatic heterocycles. The Kier molecular flexibility index (Phi) is 4.93. The van der Waals surface area contributed by atoms with E-state index in [-0.39, 0.29) is 11.9 Å². The molecule has 0 aromatic carbocycles. The fraction of sp³-hybridized carbons (Fsp3) is 0.636. The molecule has 5 nitrogen and oxygen atoms in total. The van der Waals surface area contributed by atoms with Crippen molar-refractivity contribution >= 4 is 28.5 Å². The van der Waals surface area contributed by atoms with Crippen LogP contribution in [0.5, 0.6) is 0 Å². The van der Waals surface area contributed by atoms with E-state index in [1.807, 2.05) is 31.6 Å². The van der Waals surface area contributed by atoms with E-state index >= 15 is 0 Å². The van der Waals surface area contributed by atoms with Gasteiger partial charge in [0.15, 0.2) is 0 Å². The number of hydrogen-bond donors (Lipinski definition) is 2. The van der Waals surface area contributed by atoms with Crippen molar-refractivity contribution in [1.82, 2.24) is 15.1 Å². The monoisotopic (exact) mass is 350 g/mol. The fourth-order valence-electron chi connectivity index (χ4n) is 1.89. The van der Waals surface area contributed by atoms with Gasteiger partial charge in [0, 0.05) is 6.20 Å². The molecule has 3 N–H and O–H groups in total. The second-order valence-corrected chi connectivity index (χ2v) is 5.66. The maximum absolute atomic E-state index is 11.5. The van der Waals surface area contributed by atoms with Gasteiger partial charge >= 0.3 is 0 Å². The van der Waals surface area contributed by atoms with Crippen molar-refractivity contribution in [2.24, 2.45) is 5.73 Å². The van der Waals surface area contributed by atoms with E-state index < -0.39 is 5.54 Å². The largest absolute Gasteiger partial charge is 0.368 e. The van der Waals surface area contributed by atoms with E-state index in [0.29, 0.717) is 13.0 Å². The molecule has 96 valence electrons. The number of rotatable bonds is 6. The summed E-state index contributed by atoms with van der Waals surface area (Å²) in [7, 11) is 0. The molecule has 17 heavy (non-hydrogen) atoms. The SMILES string of the molecule is CCNC(C)(CC(C)n1cc(I)cn1)C(N)=O. The van der Waals surface area contributed by atoms with E-state index in [4.69, 9.17) is 5.73 Å². The second kappa shape index (κ2) is 5.81. The van der Waals surface area contributed by atoms with Crippen molar-refractivity contribution in [2.75, 3.05) is 6.54 Å². The Hall–Kier alpha value is -0.630. The van der Waals surface area contributed by atoms with Gasteiger partial charge in [-0.2, -0.15) is 5.10 Å². The van der Waals surface area contributed by atoms with Crippen LogP contribution in [0.4, 0.5) is 0 Å². The lowest BCUT2D eigenvalue weighted by molar-refractivity contribution is -0.124. The Bertz CT molecular complexity index is 393. The number of amides is 1. The standard InChI is InChI=1S/C11H19IN4O/c1-4-14-11(3,10(13)17)5-8(2)16-7-9(12)6-15-16/h6-8,14H,4-5H2,1-3H3,(H2,13,17). The molecule has 0 aliphatic heterocycles. The molecule has 0 radical (unpaired) electrons. The Morgan fingerprint density at radius 2 is 2.41 bits per heavy atom. The smallest absolute Gasteiger partial charge is 0.237 e. The van der Waals surface area contributed by atoms with Gasteiger partial charge in [0.1, 0.15) is 0 Å². The molecule has 0 aliphatic rings. The number of hydrogen-bond acceptors (Lipinski definition) is 3. The van der Waals surface area contributed by atoms with Crippen LogP contribution in [-0.2, 0) is 4.79 Å². The zero-order valence-electron chi connectivity index (χ0n) is 10.4. The van der Waals surface area contributed by atoms with E-state index in [1.165, 1.54) is 0 Å². The van der Waals surface area contributed by atoms with Crippen LogP contribution in [0, 0.1) is 3.57 Å². The Balaban J connectivity index is 2.77. The van der Waals surface area contributed by atoms with Gasteiger partial charge in [-0.3, -0.25) is 9.48 Å². The third kappa shape index (κ3) is 3.67. The first-order valence-corrected chi connectivity index (χ1v) is 6.71. The molecule has 1 rings (SSSR count). The van der Waals surface area contributed by atoms with Gasteiger partial charge < -0.3 is 11.1 Å². The number of carbonyl (C=O) groups is 1. The fourth-order valence-corrected chi connectivity index (χ4v) is 2.30. The van der Waals surface area contributed by atoms with Crippen LogP contribution in [-0.4, -0.2) is 27.8 Å². The molecular weight excluding hydrogens is 331 g/mol.